The molecule has 0 bridgehead atoms. The highest BCUT2D eigenvalue weighted by Crippen LogP contribution is 2.22. The summed E-state index contributed by atoms with van der Waals surface area (Å²) in [6, 6.07) is 4.27. The van der Waals surface area contributed by atoms with Crippen molar-refractivity contribution in [1.82, 2.24) is 10.3 Å². The van der Waals surface area contributed by atoms with E-state index in [4.69, 9.17) is 4.74 Å². The minimum absolute atomic E-state index is 0.00165. The van der Waals surface area contributed by atoms with Gasteiger partial charge in [-0.25, -0.2) is 0 Å². The number of carbonyl (C=O) groups excluding carboxylic acids is 1. The molecule has 0 radical (unpaired) electrons. The number of aromatic amines is 1. The molecule has 0 spiro atoms. The molecular weight excluding hydrogens is 310 g/mol. The van der Waals surface area contributed by atoms with Gasteiger partial charge in [0, 0.05) is 22.7 Å². The van der Waals surface area contributed by atoms with Crippen LogP contribution in [0.2, 0.25) is 0 Å². The highest BCUT2D eigenvalue weighted by molar-refractivity contribution is 7.07. The maximum Gasteiger partial charge on any atom is 0.304 e. The second kappa shape index (κ2) is 6.85. The largest absolute Gasteiger partial charge is 0.484 e. The fourth-order valence-corrected chi connectivity index (χ4v) is 2.30. The normalized spacial score (nSPS) is 10.2. The van der Waals surface area contributed by atoms with Gasteiger partial charge in [0.25, 0.3) is 11.6 Å². The SMILES string of the molecule is Cc1cc(OCC(=O)NCc2csc(=O)[nH]2)ccc1[N+](=O)[O-]. The van der Waals surface area contributed by atoms with Crippen LogP contribution in [0.3, 0.4) is 0 Å². The van der Waals surface area contributed by atoms with E-state index in [1.54, 1.807) is 12.3 Å². The highest BCUT2D eigenvalue weighted by Gasteiger charge is 2.11. The number of nitrogens with one attached hydrogen (secondary N) is 2. The van der Waals surface area contributed by atoms with Gasteiger partial charge in [-0.05, 0) is 19.1 Å². The number of aryl methyl sites for hydroxylation is 1. The van der Waals surface area contributed by atoms with E-state index in [9.17, 15) is 19.7 Å². The Morgan fingerprint density at radius 3 is 2.86 bits per heavy atom. The summed E-state index contributed by atoms with van der Waals surface area (Å²) in [5.74, 6) is 0.0187. The third kappa shape index (κ3) is 4.16. The minimum Gasteiger partial charge on any atom is -0.484 e. The number of benzene rings is 1. The fourth-order valence-electron chi connectivity index (χ4n) is 1.72. The molecule has 9 heteroatoms. The van der Waals surface area contributed by atoms with Crippen molar-refractivity contribution in [2.45, 2.75) is 13.5 Å². The van der Waals surface area contributed by atoms with Crippen molar-refractivity contribution < 1.29 is 14.5 Å². The summed E-state index contributed by atoms with van der Waals surface area (Å²) >= 11 is 1.02. The first-order chi connectivity index (χ1) is 10.5. The van der Waals surface area contributed by atoms with Gasteiger partial charge >= 0.3 is 4.87 Å². The zero-order valence-corrected chi connectivity index (χ0v) is 12.4. The summed E-state index contributed by atoms with van der Waals surface area (Å²) in [4.78, 5) is 35.2. The lowest BCUT2D eigenvalue weighted by Crippen LogP contribution is -2.28. The number of aromatic nitrogens is 1. The Morgan fingerprint density at radius 1 is 1.50 bits per heavy atom. The van der Waals surface area contributed by atoms with Crippen LogP contribution in [0.15, 0.2) is 28.4 Å². The number of nitro groups is 1. The van der Waals surface area contributed by atoms with Crippen LogP contribution in [-0.2, 0) is 11.3 Å². The molecule has 0 unspecified atom stereocenters. The van der Waals surface area contributed by atoms with Gasteiger partial charge in [-0.2, -0.15) is 0 Å². The van der Waals surface area contributed by atoms with Gasteiger partial charge in [0.15, 0.2) is 6.61 Å². The maximum atomic E-state index is 11.6. The lowest BCUT2D eigenvalue weighted by atomic mass is 10.2. The molecule has 22 heavy (non-hydrogen) atoms. The molecule has 0 saturated carbocycles. The quantitative estimate of drug-likeness (QED) is 0.615. The number of thiazole rings is 1. The third-order valence-electron chi connectivity index (χ3n) is 2.78. The summed E-state index contributed by atoms with van der Waals surface area (Å²) in [5.41, 5.74) is 1.08. The Balaban J connectivity index is 1.84. The monoisotopic (exact) mass is 323 g/mol. The van der Waals surface area contributed by atoms with Gasteiger partial charge in [-0.15, -0.1) is 0 Å². The second-order valence-corrected chi connectivity index (χ2v) is 5.29. The standard InChI is InChI=1S/C13H13N3O5S/c1-8-4-10(2-3-11(8)16(19)20)21-6-12(17)14-5-9-7-22-13(18)15-9/h2-4,7H,5-6H2,1H3,(H,14,17)(H,15,18). The molecule has 116 valence electrons. The molecule has 0 aliphatic heterocycles. The Bertz CT molecular complexity index is 752. The Hall–Kier alpha value is -2.68. The number of amides is 1. The lowest BCUT2D eigenvalue weighted by Gasteiger charge is -2.07. The summed E-state index contributed by atoms with van der Waals surface area (Å²) in [7, 11) is 0. The second-order valence-electron chi connectivity index (χ2n) is 4.44. The van der Waals surface area contributed by atoms with Crippen LogP contribution in [0.5, 0.6) is 5.75 Å². The van der Waals surface area contributed by atoms with Crippen molar-refractivity contribution in [3.05, 3.63) is 54.6 Å². The maximum absolute atomic E-state index is 11.6. The minimum atomic E-state index is -0.479. The van der Waals surface area contributed by atoms with Crippen LogP contribution in [0.4, 0.5) is 5.69 Å². The Labute approximate surface area is 128 Å². The Kier molecular flexibility index (Phi) is 4.89. The van der Waals surface area contributed by atoms with Crippen molar-refractivity contribution in [3.8, 4) is 5.75 Å². The van der Waals surface area contributed by atoms with Crippen molar-refractivity contribution in [3.63, 3.8) is 0 Å². The van der Waals surface area contributed by atoms with Gasteiger partial charge in [0.2, 0.25) is 0 Å². The molecule has 1 amide bonds. The van der Waals surface area contributed by atoms with Crippen LogP contribution >= 0.6 is 11.3 Å². The van der Waals surface area contributed by atoms with Crippen molar-refractivity contribution in [2.24, 2.45) is 0 Å². The number of rotatable bonds is 6. The molecular formula is C13H13N3O5S. The summed E-state index contributed by atoms with van der Waals surface area (Å²) in [6.07, 6.45) is 0. The van der Waals surface area contributed by atoms with Crippen LogP contribution in [0.1, 0.15) is 11.3 Å². The number of carbonyl (C=O) groups is 1. The average Bonchev–Trinajstić information content (AvgIpc) is 2.88. The molecule has 2 aromatic rings. The summed E-state index contributed by atoms with van der Waals surface area (Å²) in [5, 5.41) is 14.9. The fraction of sp³-hybridized carbons (Fsp3) is 0.231. The molecule has 0 atom stereocenters. The molecule has 0 fully saturated rings. The van der Waals surface area contributed by atoms with Crippen molar-refractivity contribution in [2.75, 3.05) is 6.61 Å². The molecule has 1 aromatic carbocycles. The van der Waals surface area contributed by atoms with Gasteiger partial charge in [-0.3, -0.25) is 19.7 Å². The molecule has 0 aliphatic carbocycles. The summed E-state index contributed by atoms with van der Waals surface area (Å²) in [6.45, 7) is 1.59. The predicted molar refractivity (Wildman–Crippen MR) is 80.1 cm³/mol. The van der Waals surface area contributed by atoms with Crippen molar-refractivity contribution in [1.29, 1.82) is 0 Å². The first kappa shape index (κ1) is 15.7. The molecule has 2 rings (SSSR count). The molecule has 0 aliphatic rings. The van der Waals surface area contributed by atoms with Gasteiger partial charge in [0.1, 0.15) is 5.75 Å². The van der Waals surface area contributed by atoms with E-state index in [0.29, 0.717) is 17.0 Å². The zero-order valence-electron chi connectivity index (χ0n) is 11.6. The smallest absolute Gasteiger partial charge is 0.304 e. The third-order valence-corrected chi connectivity index (χ3v) is 3.50. The highest BCUT2D eigenvalue weighted by atomic mass is 32.1. The van der Waals surface area contributed by atoms with Crippen LogP contribution in [0, 0.1) is 17.0 Å². The topological polar surface area (TPSA) is 114 Å². The lowest BCUT2D eigenvalue weighted by molar-refractivity contribution is -0.385. The van der Waals surface area contributed by atoms with Crippen molar-refractivity contribution >= 4 is 22.9 Å². The molecule has 2 N–H and O–H groups in total. The number of hydrogen-bond acceptors (Lipinski definition) is 6. The van der Waals surface area contributed by atoms with Crippen LogP contribution in [-0.4, -0.2) is 22.4 Å². The number of nitro benzene ring substituents is 1. The average molecular weight is 323 g/mol. The number of ether oxygens (including phenoxy) is 1. The Morgan fingerprint density at radius 2 is 2.27 bits per heavy atom. The predicted octanol–water partition coefficient (Wildman–Crippen LogP) is 1.35. The zero-order chi connectivity index (χ0) is 16.1. The number of H-pyrrole nitrogens is 1. The van der Waals surface area contributed by atoms with E-state index < -0.39 is 4.92 Å². The molecule has 8 nitrogen and oxygen atoms in total. The molecule has 0 saturated heterocycles. The van der Waals surface area contributed by atoms with E-state index in [2.05, 4.69) is 10.3 Å². The van der Waals surface area contributed by atoms with E-state index in [0.717, 1.165) is 11.3 Å². The van der Waals surface area contributed by atoms with E-state index in [1.807, 2.05) is 0 Å². The molecule has 1 aromatic heterocycles. The van der Waals surface area contributed by atoms with E-state index in [1.165, 1.54) is 18.2 Å². The van der Waals surface area contributed by atoms with E-state index in [-0.39, 0.29) is 29.6 Å². The van der Waals surface area contributed by atoms with Crippen LogP contribution < -0.4 is 14.9 Å². The summed E-state index contributed by atoms with van der Waals surface area (Å²) < 4.78 is 5.27. The van der Waals surface area contributed by atoms with Gasteiger partial charge in [0.05, 0.1) is 11.5 Å². The first-order valence-corrected chi connectivity index (χ1v) is 7.15. The van der Waals surface area contributed by atoms with Gasteiger partial charge < -0.3 is 15.0 Å². The van der Waals surface area contributed by atoms with Crippen LogP contribution in [0.25, 0.3) is 0 Å². The van der Waals surface area contributed by atoms with Gasteiger partial charge in [-0.1, -0.05) is 11.3 Å². The number of nitrogens with zero attached hydrogens (tertiary/aromatic N) is 1. The first-order valence-electron chi connectivity index (χ1n) is 6.27. The van der Waals surface area contributed by atoms with E-state index >= 15 is 0 Å². The molecule has 1 heterocycles. The number of hydrogen-bond donors (Lipinski definition) is 2.